The van der Waals surface area contributed by atoms with Crippen LogP contribution in [0.15, 0.2) is 41.3 Å². The Morgan fingerprint density at radius 2 is 1.68 bits per heavy atom. The molecule has 1 fully saturated rings. The second-order valence-electron chi connectivity index (χ2n) is 9.86. The Morgan fingerprint density at radius 3 is 2.32 bits per heavy atom. The van der Waals surface area contributed by atoms with E-state index in [0.29, 0.717) is 30.5 Å². The number of rotatable bonds is 12. The maximum absolute atomic E-state index is 13.9. The van der Waals surface area contributed by atoms with Crippen molar-refractivity contribution in [1.82, 2.24) is 14.2 Å². The number of aryl methyl sites for hydroxylation is 2. The fraction of sp³-hybridized carbons (Fsp3) is 0.448. The largest absolute Gasteiger partial charge is 0.379 e. The van der Waals surface area contributed by atoms with Crippen LogP contribution >= 0.6 is 11.3 Å². The van der Waals surface area contributed by atoms with Crippen molar-refractivity contribution in [3.63, 3.8) is 0 Å². The van der Waals surface area contributed by atoms with Crippen LogP contribution in [-0.4, -0.2) is 81.0 Å². The van der Waals surface area contributed by atoms with Gasteiger partial charge in [0.2, 0.25) is 10.0 Å². The SMILES string of the molecule is Cc1ccc2sc(N(CCCN3CCOCC3)C(=O)c3ccc(S(=O)(=O)N(CCC#N)CCC#N)cc3)nc2c1C. The summed E-state index contributed by atoms with van der Waals surface area (Å²) in [5.74, 6) is -0.254. The number of sulfonamides is 1. The number of nitriles is 2. The highest BCUT2D eigenvalue weighted by molar-refractivity contribution is 7.89. The lowest BCUT2D eigenvalue weighted by molar-refractivity contribution is 0.0376. The van der Waals surface area contributed by atoms with Gasteiger partial charge in [-0.05, 0) is 61.7 Å². The van der Waals surface area contributed by atoms with Crippen molar-refractivity contribution in [3.05, 3.63) is 53.1 Å². The van der Waals surface area contributed by atoms with E-state index in [1.54, 1.807) is 4.90 Å². The molecule has 1 aromatic heterocycles. The first-order valence-electron chi connectivity index (χ1n) is 13.6. The molecule has 0 unspecified atom stereocenters. The van der Waals surface area contributed by atoms with E-state index in [2.05, 4.69) is 11.0 Å². The molecule has 1 saturated heterocycles. The summed E-state index contributed by atoms with van der Waals surface area (Å²) in [7, 11) is -3.93. The van der Waals surface area contributed by atoms with E-state index in [1.807, 2.05) is 32.1 Å². The lowest BCUT2D eigenvalue weighted by Crippen LogP contribution is -2.39. The van der Waals surface area contributed by atoms with Crippen molar-refractivity contribution in [3.8, 4) is 12.1 Å². The molecule has 1 aliphatic rings. The van der Waals surface area contributed by atoms with E-state index >= 15 is 0 Å². The van der Waals surface area contributed by atoms with Gasteiger partial charge in [-0.2, -0.15) is 14.8 Å². The van der Waals surface area contributed by atoms with Crippen molar-refractivity contribution in [2.45, 2.75) is 38.0 Å². The lowest BCUT2D eigenvalue weighted by atomic mass is 10.1. The third-order valence-electron chi connectivity index (χ3n) is 7.19. The molecule has 0 aliphatic carbocycles. The maximum atomic E-state index is 13.9. The number of fused-ring (bicyclic) bond motifs is 1. The summed E-state index contributed by atoms with van der Waals surface area (Å²) in [6.07, 6.45) is 0.780. The van der Waals surface area contributed by atoms with Crippen molar-refractivity contribution in [1.29, 1.82) is 10.5 Å². The van der Waals surface area contributed by atoms with Crippen LogP contribution in [0.2, 0.25) is 0 Å². The Kier molecular flexibility index (Phi) is 10.4. The molecule has 4 rings (SSSR count). The van der Waals surface area contributed by atoms with Gasteiger partial charge in [0.1, 0.15) is 0 Å². The van der Waals surface area contributed by atoms with Gasteiger partial charge in [0.25, 0.3) is 5.91 Å². The highest BCUT2D eigenvalue weighted by Gasteiger charge is 2.26. The molecule has 41 heavy (non-hydrogen) atoms. The van der Waals surface area contributed by atoms with E-state index in [-0.39, 0.29) is 36.7 Å². The van der Waals surface area contributed by atoms with E-state index < -0.39 is 10.0 Å². The second kappa shape index (κ2) is 14.0. The van der Waals surface area contributed by atoms with Crippen LogP contribution < -0.4 is 4.90 Å². The summed E-state index contributed by atoms with van der Waals surface area (Å²) in [4.78, 5) is 22.7. The van der Waals surface area contributed by atoms with E-state index in [9.17, 15) is 13.2 Å². The number of aromatic nitrogens is 1. The van der Waals surface area contributed by atoms with Crippen molar-refractivity contribution in [2.24, 2.45) is 0 Å². The van der Waals surface area contributed by atoms with Crippen LogP contribution in [0.5, 0.6) is 0 Å². The van der Waals surface area contributed by atoms with Gasteiger partial charge in [0.15, 0.2) is 5.13 Å². The van der Waals surface area contributed by atoms with Crippen molar-refractivity contribution in [2.75, 3.05) is 57.4 Å². The molecule has 0 spiro atoms. The molecule has 1 aliphatic heterocycles. The van der Waals surface area contributed by atoms with Crippen molar-refractivity contribution < 1.29 is 17.9 Å². The minimum atomic E-state index is -3.93. The lowest BCUT2D eigenvalue weighted by Gasteiger charge is -2.27. The fourth-order valence-electron chi connectivity index (χ4n) is 4.67. The second-order valence-corrected chi connectivity index (χ2v) is 12.8. The monoisotopic (exact) mass is 594 g/mol. The average Bonchev–Trinajstić information content (AvgIpc) is 3.42. The number of benzene rings is 2. The van der Waals surface area contributed by atoms with Gasteiger partial charge in [0, 0.05) is 57.7 Å². The predicted molar refractivity (Wildman–Crippen MR) is 158 cm³/mol. The quantitative estimate of drug-likeness (QED) is 0.306. The summed E-state index contributed by atoms with van der Waals surface area (Å²) < 4.78 is 34.0. The minimum Gasteiger partial charge on any atom is -0.379 e. The number of ether oxygens (including phenoxy) is 1. The van der Waals surface area contributed by atoms with Crippen molar-refractivity contribution >= 4 is 42.6 Å². The Labute approximate surface area is 245 Å². The average molecular weight is 595 g/mol. The van der Waals surface area contributed by atoms with Crippen LogP contribution in [0.1, 0.15) is 40.7 Å². The normalized spacial score (nSPS) is 14.2. The van der Waals surface area contributed by atoms with Gasteiger partial charge in [-0.3, -0.25) is 14.6 Å². The summed E-state index contributed by atoms with van der Waals surface area (Å²) in [6, 6.07) is 13.8. The smallest absolute Gasteiger partial charge is 0.260 e. The van der Waals surface area contributed by atoms with Crippen LogP contribution in [0.3, 0.4) is 0 Å². The molecule has 0 atom stereocenters. The number of nitrogens with zero attached hydrogens (tertiary/aromatic N) is 6. The Morgan fingerprint density at radius 1 is 1.02 bits per heavy atom. The zero-order chi connectivity index (χ0) is 29.4. The third kappa shape index (κ3) is 7.28. The first-order valence-corrected chi connectivity index (χ1v) is 15.8. The molecule has 0 saturated carbocycles. The number of hydrogen-bond donors (Lipinski definition) is 0. The van der Waals surface area contributed by atoms with Gasteiger partial charge in [-0.15, -0.1) is 0 Å². The molecule has 0 radical (unpaired) electrons. The zero-order valence-corrected chi connectivity index (χ0v) is 25.0. The van der Waals surface area contributed by atoms with Gasteiger partial charge in [-0.1, -0.05) is 17.4 Å². The van der Waals surface area contributed by atoms with E-state index in [1.165, 1.54) is 35.6 Å². The molecule has 2 aromatic carbocycles. The van der Waals surface area contributed by atoms with E-state index in [4.69, 9.17) is 20.2 Å². The molecule has 0 bridgehead atoms. The molecule has 0 N–H and O–H groups in total. The molecule has 12 heteroatoms. The maximum Gasteiger partial charge on any atom is 0.260 e. The molecular formula is C29H34N6O4S2. The molecule has 1 amide bonds. The summed E-state index contributed by atoms with van der Waals surface area (Å²) in [6.45, 7) is 8.49. The van der Waals surface area contributed by atoms with E-state index in [0.717, 1.165) is 51.7 Å². The van der Waals surface area contributed by atoms with Crippen LogP contribution in [0.25, 0.3) is 10.2 Å². The van der Waals surface area contributed by atoms with Gasteiger partial charge < -0.3 is 4.74 Å². The van der Waals surface area contributed by atoms with Crippen LogP contribution in [-0.2, 0) is 14.8 Å². The number of carbonyl (C=O) groups is 1. The summed E-state index contributed by atoms with van der Waals surface area (Å²) in [5.41, 5.74) is 3.45. The predicted octanol–water partition coefficient (Wildman–Crippen LogP) is 4.10. The molecule has 216 valence electrons. The summed E-state index contributed by atoms with van der Waals surface area (Å²) >= 11 is 1.47. The van der Waals surface area contributed by atoms with Gasteiger partial charge in [0.05, 0.1) is 40.5 Å². The fourth-order valence-corrected chi connectivity index (χ4v) is 7.16. The third-order valence-corrected chi connectivity index (χ3v) is 10.2. The number of thiazole rings is 1. The number of morpholine rings is 1. The highest BCUT2D eigenvalue weighted by Crippen LogP contribution is 2.33. The number of hydrogen-bond acceptors (Lipinski definition) is 9. The Balaban J connectivity index is 1.59. The van der Waals surface area contributed by atoms with Crippen LogP contribution in [0.4, 0.5) is 5.13 Å². The topological polar surface area (TPSA) is 131 Å². The molecular weight excluding hydrogens is 560 g/mol. The first kappa shape index (κ1) is 30.6. The Bertz CT molecular complexity index is 1530. The summed E-state index contributed by atoms with van der Waals surface area (Å²) in [5, 5.41) is 18.5. The standard InChI is InChI=1S/C29H34N6O4S2/c1-22-6-11-26-27(23(22)2)32-29(40-26)35(17-5-14-33-18-20-39-21-19-33)28(36)24-7-9-25(10-8-24)41(37,38)34(15-3-12-30)16-4-13-31/h6-11H,3-5,14-21H2,1-2H3. The number of anilines is 1. The number of carbonyl (C=O) groups excluding carboxylic acids is 1. The Hall–Kier alpha value is -3.39. The highest BCUT2D eigenvalue weighted by atomic mass is 32.2. The molecule has 3 aromatic rings. The molecule has 10 nitrogen and oxygen atoms in total. The number of amides is 1. The van der Waals surface area contributed by atoms with Gasteiger partial charge in [-0.25, -0.2) is 13.4 Å². The zero-order valence-electron chi connectivity index (χ0n) is 23.4. The minimum absolute atomic E-state index is 0.00534. The molecule has 2 heterocycles. The van der Waals surface area contributed by atoms with Gasteiger partial charge >= 0.3 is 0 Å². The first-order chi connectivity index (χ1) is 19.8. The van der Waals surface area contributed by atoms with Crippen LogP contribution in [0, 0.1) is 36.5 Å².